The molecule has 4 aromatic carbocycles. The smallest absolute Gasteiger partial charge is 0.315 e. The van der Waals surface area contributed by atoms with Crippen LogP contribution in [0, 0.1) is 17.8 Å². The van der Waals surface area contributed by atoms with Crippen molar-refractivity contribution in [3.8, 4) is 16.9 Å². The average Bonchev–Trinajstić information content (AvgIpc) is 3.16. The molecule has 9 heteroatoms. The fourth-order valence-electron chi connectivity index (χ4n) is 10.0. The molecule has 1 saturated heterocycles. The number of hydrogen-bond donors (Lipinski definition) is 5. The molecule has 284 valence electrons. The molecule has 4 aliphatic carbocycles. The zero-order chi connectivity index (χ0) is 37.2. The van der Waals surface area contributed by atoms with Crippen molar-refractivity contribution >= 4 is 6.03 Å². The van der Waals surface area contributed by atoms with Gasteiger partial charge in [-0.05, 0) is 121 Å². The molecule has 4 saturated carbocycles. The van der Waals surface area contributed by atoms with Crippen molar-refractivity contribution in [1.82, 2.24) is 15.5 Å². The van der Waals surface area contributed by atoms with Crippen molar-refractivity contribution < 1.29 is 29.6 Å². The molecule has 4 bridgehead atoms. The molecule has 9 nitrogen and oxygen atoms in total. The summed E-state index contributed by atoms with van der Waals surface area (Å²) < 4.78 is 13.3. The molecule has 4 aromatic rings. The van der Waals surface area contributed by atoms with E-state index in [4.69, 9.17) is 9.47 Å². The Labute approximate surface area is 318 Å². The molecular formula is C45H53N3O6. The van der Waals surface area contributed by atoms with Crippen molar-refractivity contribution in [3.63, 3.8) is 0 Å². The first-order valence-electron chi connectivity index (χ1n) is 19.6. The highest BCUT2D eigenvalue weighted by atomic mass is 16.7. The summed E-state index contributed by atoms with van der Waals surface area (Å²) in [6, 6.07) is 31.1. The lowest BCUT2D eigenvalue weighted by molar-refractivity contribution is -0.252. The third-order valence-electron chi connectivity index (χ3n) is 12.2. The maximum Gasteiger partial charge on any atom is 0.315 e. The molecule has 2 amide bonds. The van der Waals surface area contributed by atoms with Crippen LogP contribution in [-0.4, -0.2) is 58.0 Å². The molecule has 0 spiro atoms. The van der Waals surface area contributed by atoms with Crippen molar-refractivity contribution in [2.24, 2.45) is 17.8 Å². The lowest BCUT2D eigenvalue weighted by Crippen LogP contribution is -2.61. The lowest BCUT2D eigenvalue weighted by atomic mass is 9.53. The van der Waals surface area contributed by atoms with Gasteiger partial charge in [0.2, 0.25) is 0 Å². The molecule has 1 aliphatic heterocycles. The number of phenols is 1. The number of ether oxygens (including phenoxy) is 2. The second kappa shape index (κ2) is 15.8. The number of urea groups is 1. The predicted molar refractivity (Wildman–Crippen MR) is 207 cm³/mol. The predicted octanol–water partition coefficient (Wildman–Crippen LogP) is 7.53. The van der Waals surface area contributed by atoms with Crippen LogP contribution in [0.5, 0.6) is 5.75 Å². The summed E-state index contributed by atoms with van der Waals surface area (Å²) in [7, 11) is 1.96. The van der Waals surface area contributed by atoms with Gasteiger partial charge in [-0.3, -0.25) is 0 Å². The number of phenolic OH excluding ortho intramolecular Hbond substituents is 1. The van der Waals surface area contributed by atoms with Crippen molar-refractivity contribution in [2.75, 3.05) is 20.1 Å². The molecule has 4 atom stereocenters. The molecule has 5 N–H and O–H groups in total. The van der Waals surface area contributed by atoms with Crippen LogP contribution in [-0.2, 0) is 22.6 Å². The van der Waals surface area contributed by atoms with Crippen molar-refractivity contribution in [2.45, 2.75) is 88.2 Å². The van der Waals surface area contributed by atoms with Crippen molar-refractivity contribution in [1.29, 1.82) is 0 Å². The number of benzene rings is 4. The van der Waals surface area contributed by atoms with Gasteiger partial charge >= 0.3 is 6.03 Å². The average molecular weight is 732 g/mol. The Morgan fingerprint density at radius 1 is 0.815 bits per heavy atom. The Kier molecular flexibility index (Phi) is 10.8. The van der Waals surface area contributed by atoms with Gasteiger partial charge in [-0.25, -0.2) is 4.79 Å². The van der Waals surface area contributed by atoms with Gasteiger partial charge in [0.1, 0.15) is 5.75 Å². The van der Waals surface area contributed by atoms with E-state index >= 15 is 0 Å². The highest BCUT2D eigenvalue weighted by Gasteiger charge is 2.51. The van der Waals surface area contributed by atoms with E-state index in [0.717, 1.165) is 70.4 Å². The number of amides is 2. The largest absolute Gasteiger partial charge is 0.508 e. The number of aliphatic hydroxyl groups is 2. The summed E-state index contributed by atoms with van der Waals surface area (Å²) in [5.41, 5.74) is 6.49. The van der Waals surface area contributed by atoms with Gasteiger partial charge in [0.25, 0.3) is 0 Å². The van der Waals surface area contributed by atoms with Crippen LogP contribution in [0.15, 0.2) is 97.1 Å². The summed E-state index contributed by atoms with van der Waals surface area (Å²) in [5, 5.41) is 37.0. The van der Waals surface area contributed by atoms with Gasteiger partial charge in [0, 0.05) is 37.2 Å². The van der Waals surface area contributed by atoms with E-state index in [-0.39, 0.29) is 36.1 Å². The Morgan fingerprint density at radius 3 is 2.20 bits per heavy atom. The first-order valence-corrected chi connectivity index (χ1v) is 19.6. The summed E-state index contributed by atoms with van der Waals surface area (Å²) in [5.74, 6) is 2.46. The first kappa shape index (κ1) is 36.7. The maximum absolute atomic E-state index is 13.2. The highest BCUT2D eigenvalue weighted by Crippen LogP contribution is 2.55. The Bertz CT molecular complexity index is 1880. The Balaban J connectivity index is 0.946. The second-order valence-corrected chi connectivity index (χ2v) is 16.5. The van der Waals surface area contributed by atoms with E-state index in [9.17, 15) is 20.1 Å². The van der Waals surface area contributed by atoms with E-state index in [1.54, 1.807) is 18.2 Å². The summed E-state index contributed by atoms with van der Waals surface area (Å²) >= 11 is 0. The number of carbonyl (C=O) groups is 1. The molecule has 1 heterocycles. The fraction of sp³-hybridized carbons (Fsp3) is 0.444. The number of nitrogens with one attached hydrogen (secondary N) is 2. The lowest BCUT2D eigenvalue weighted by Gasteiger charge is -2.56. The molecular weight excluding hydrogens is 679 g/mol. The van der Waals surface area contributed by atoms with E-state index in [1.807, 2.05) is 60.5 Å². The van der Waals surface area contributed by atoms with Gasteiger partial charge < -0.3 is 40.3 Å². The number of carbonyl (C=O) groups excluding carboxylic acids is 1. The van der Waals surface area contributed by atoms with Crippen LogP contribution < -0.4 is 10.6 Å². The topological polar surface area (TPSA) is 124 Å². The zero-order valence-electron chi connectivity index (χ0n) is 31.1. The van der Waals surface area contributed by atoms with Crippen LogP contribution in [0.4, 0.5) is 4.79 Å². The van der Waals surface area contributed by atoms with Crippen molar-refractivity contribution in [3.05, 3.63) is 125 Å². The summed E-state index contributed by atoms with van der Waals surface area (Å²) in [6.45, 7) is 1.36. The molecule has 5 aliphatic rings. The molecule has 4 unspecified atom stereocenters. The molecule has 54 heavy (non-hydrogen) atoms. The van der Waals surface area contributed by atoms with Gasteiger partial charge in [0.05, 0.1) is 24.9 Å². The number of hydrogen-bond acceptors (Lipinski definition) is 7. The van der Waals surface area contributed by atoms with E-state index in [0.29, 0.717) is 31.6 Å². The van der Waals surface area contributed by atoms with Gasteiger partial charge in [-0.15, -0.1) is 0 Å². The standard InChI is InChI=1S/C45H53N3O6/c1-48(27-41(51)37-8-4-10-39(50)20-37)26-40-21-42(34-13-11-29(28-49)12-14-34)54-43(53-40)38-9-3-7-36(19-38)35-6-2-5-30(18-35)25-46-44(52)47-45-22-31-15-32(23-45)17-33(16-31)24-45/h2-14,18-20,31-33,40-43,49-51H,15-17,21-28H2,1H3,(H2,46,47,52). The van der Waals surface area contributed by atoms with Gasteiger partial charge in [0.15, 0.2) is 6.29 Å². The van der Waals surface area contributed by atoms with Crippen LogP contribution in [0.2, 0.25) is 0 Å². The quantitative estimate of drug-likeness (QED) is 0.102. The van der Waals surface area contributed by atoms with Crippen LogP contribution >= 0.6 is 0 Å². The van der Waals surface area contributed by atoms with E-state index in [2.05, 4.69) is 41.0 Å². The second-order valence-electron chi connectivity index (χ2n) is 16.5. The summed E-state index contributed by atoms with van der Waals surface area (Å²) in [6.07, 6.45) is 6.21. The number of aromatic hydroxyl groups is 1. The number of likely N-dealkylation sites (N-methyl/N-ethyl adjacent to an activating group) is 1. The maximum atomic E-state index is 13.2. The zero-order valence-corrected chi connectivity index (χ0v) is 31.1. The number of aliphatic hydroxyl groups excluding tert-OH is 2. The molecule has 5 fully saturated rings. The van der Waals surface area contributed by atoms with Crippen LogP contribution in [0.25, 0.3) is 11.1 Å². The normalized spacial score (nSPS) is 27.9. The Morgan fingerprint density at radius 2 is 1.50 bits per heavy atom. The van der Waals surface area contributed by atoms with E-state index in [1.165, 1.54) is 19.3 Å². The van der Waals surface area contributed by atoms with Crippen LogP contribution in [0.3, 0.4) is 0 Å². The minimum atomic E-state index is -0.765. The third-order valence-corrected chi connectivity index (χ3v) is 12.2. The molecule has 0 radical (unpaired) electrons. The minimum absolute atomic E-state index is 0.0189. The monoisotopic (exact) mass is 731 g/mol. The third kappa shape index (κ3) is 8.51. The Hall–Kier alpha value is -4.25. The SMILES string of the molecule is CN(CC1CC(c2ccc(CO)cc2)OC(c2cccc(-c3cccc(CNC(=O)NC45CC6CC(CC(C6)C4)C5)c3)c2)O1)CC(O)c1cccc(O)c1. The van der Waals surface area contributed by atoms with Gasteiger partial charge in [-0.2, -0.15) is 0 Å². The van der Waals surface area contributed by atoms with Crippen LogP contribution in [0.1, 0.15) is 91.3 Å². The minimum Gasteiger partial charge on any atom is -0.508 e. The highest BCUT2D eigenvalue weighted by molar-refractivity contribution is 5.75. The molecule has 0 aromatic heterocycles. The van der Waals surface area contributed by atoms with E-state index < -0.39 is 12.4 Å². The first-order chi connectivity index (χ1) is 26.2. The summed E-state index contributed by atoms with van der Waals surface area (Å²) in [4.78, 5) is 15.2. The number of nitrogens with zero attached hydrogens (tertiary/aromatic N) is 1. The molecule has 9 rings (SSSR count). The number of rotatable bonds is 12. The fourth-order valence-corrected chi connectivity index (χ4v) is 10.0. The van der Waals surface area contributed by atoms with Gasteiger partial charge in [-0.1, -0.05) is 72.8 Å².